The fourth-order valence-corrected chi connectivity index (χ4v) is 7.02. The molecule has 0 bridgehead atoms. The highest BCUT2D eigenvalue weighted by molar-refractivity contribution is 5.78. The standard InChI is InChI=1S/C26H47N3O2/c1-31-25-11-5-4-10-24(25)29-18-16-28(17-19-29)15-7-6-14-27-26(30)23-13-12-21-8-2-3-9-22(21)20-23/h21-25H,2-20H2,1H3,(H,27,30). The maximum atomic E-state index is 12.6. The summed E-state index contributed by atoms with van der Waals surface area (Å²) in [6.07, 6.45) is 17.1. The number of rotatable bonds is 8. The fraction of sp³-hybridized carbons (Fsp3) is 0.962. The van der Waals surface area contributed by atoms with Crippen molar-refractivity contribution in [2.45, 2.75) is 95.6 Å². The summed E-state index contributed by atoms with van der Waals surface area (Å²) < 4.78 is 5.77. The molecule has 178 valence electrons. The molecular weight excluding hydrogens is 386 g/mol. The third kappa shape index (κ3) is 6.45. The number of carbonyl (C=O) groups excluding carboxylic acids is 1. The zero-order valence-electron chi connectivity index (χ0n) is 20.0. The summed E-state index contributed by atoms with van der Waals surface area (Å²) in [6.45, 7) is 6.78. The van der Waals surface area contributed by atoms with Gasteiger partial charge in [0.25, 0.3) is 0 Å². The average molecular weight is 434 g/mol. The number of nitrogens with zero attached hydrogens (tertiary/aromatic N) is 2. The van der Waals surface area contributed by atoms with E-state index in [1.165, 1.54) is 96.9 Å². The molecule has 1 saturated heterocycles. The molecule has 0 radical (unpaired) electrons. The number of methoxy groups -OCH3 is 1. The number of ether oxygens (including phenoxy) is 1. The molecule has 1 aliphatic heterocycles. The molecule has 4 rings (SSSR count). The van der Waals surface area contributed by atoms with E-state index in [9.17, 15) is 4.79 Å². The van der Waals surface area contributed by atoms with Crippen LogP contribution in [-0.2, 0) is 9.53 Å². The van der Waals surface area contributed by atoms with Gasteiger partial charge in [-0.15, -0.1) is 0 Å². The third-order valence-corrected chi connectivity index (χ3v) is 8.96. The zero-order valence-corrected chi connectivity index (χ0v) is 20.0. The lowest BCUT2D eigenvalue weighted by atomic mass is 9.67. The number of unbranched alkanes of at least 4 members (excludes halogenated alkanes) is 1. The molecule has 0 aromatic heterocycles. The van der Waals surface area contributed by atoms with Crippen LogP contribution in [-0.4, -0.2) is 74.2 Å². The van der Waals surface area contributed by atoms with E-state index in [2.05, 4.69) is 15.1 Å². The highest BCUT2D eigenvalue weighted by Crippen LogP contribution is 2.42. The van der Waals surface area contributed by atoms with Gasteiger partial charge in [0.05, 0.1) is 6.10 Å². The van der Waals surface area contributed by atoms with Gasteiger partial charge in [-0.2, -0.15) is 0 Å². The summed E-state index contributed by atoms with van der Waals surface area (Å²) >= 11 is 0. The SMILES string of the molecule is COC1CCCCC1N1CCN(CCCCNC(=O)C2CCC3CCCCC3C2)CC1. The molecule has 0 aromatic rings. The summed E-state index contributed by atoms with van der Waals surface area (Å²) in [6, 6.07) is 0.639. The molecule has 4 aliphatic rings. The van der Waals surface area contributed by atoms with E-state index < -0.39 is 0 Å². The number of fused-ring (bicyclic) bond motifs is 1. The number of carbonyl (C=O) groups is 1. The highest BCUT2D eigenvalue weighted by atomic mass is 16.5. The summed E-state index contributed by atoms with van der Waals surface area (Å²) in [7, 11) is 1.89. The van der Waals surface area contributed by atoms with E-state index in [-0.39, 0.29) is 0 Å². The molecule has 3 saturated carbocycles. The van der Waals surface area contributed by atoms with Crippen LogP contribution in [0.25, 0.3) is 0 Å². The predicted octanol–water partition coefficient (Wildman–Crippen LogP) is 4.06. The van der Waals surface area contributed by atoms with Gasteiger partial charge in [-0.05, 0) is 63.3 Å². The van der Waals surface area contributed by atoms with Crippen molar-refractivity contribution in [3.8, 4) is 0 Å². The average Bonchev–Trinajstić information content (AvgIpc) is 2.83. The Morgan fingerprint density at radius 3 is 2.42 bits per heavy atom. The van der Waals surface area contributed by atoms with Gasteiger partial charge in [0.15, 0.2) is 0 Å². The van der Waals surface area contributed by atoms with Crippen LogP contribution in [0.4, 0.5) is 0 Å². The second kappa shape index (κ2) is 12.0. The van der Waals surface area contributed by atoms with Gasteiger partial charge in [-0.3, -0.25) is 9.69 Å². The molecule has 5 nitrogen and oxygen atoms in total. The summed E-state index contributed by atoms with van der Waals surface area (Å²) in [5.41, 5.74) is 0. The van der Waals surface area contributed by atoms with Crippen molar-refractivity contribution in [1.82, 2.24) is 15.1 Å². The second-order valence-corrected chi connectivity index (χ2v) is 10.8. The lowest BCUT2D eigenvalue weighted by Gasteiger charge is -2.43. The fourth-order valence-electron chi connectivity index (χ4n) is 7.02. The Morgan fingerprint density at radius 1 is 0.871 bits per heavy atom. The zero-order chi connectivity index (χ0) is 21.5. The van der Waals surface area contributed by atoms with Crippen LogP contribution < -0.4 is 5.32 Å². The third-order valence-electron chi connectivity index (χ3n) is 8.96. The molecule has 3 aliphatic carbocycles. The number of amides is 1. The Hall–Kier alpha value is -0.650. The van der Waals surface area contributed by atoms with Gasteiger partial charge in [0.2, 0.25) is 5.91 Å². The summed E-state index contributed by atoms with van der Waals surface area (Å²) in [5.74, 6) is 2.41. The van der Waals surface area contributed by atoms with Gasteiger partial charge in [0, 0.05) is 51.8 Å². The molecule has 5 atom stereocenters. The normalized spacial score (nSPS) is 35.5. The Balaban J connectivity index is 1.06. The predicted molar refractivity (Wildman–Crippen MR) is 126 cm³/mol. The van der Waals surface area contributed by atoms with Gasteiger partial charge in [-0.1, -0.05) is 38.5 Å². The molecule has 1 N–H and O–H groups in total. The monoisotopic (exact) mass is 433 g/mol. The van der Waals surface area contributed by atoms with Crippen molar-refractivity contribution in [1.29, 1.82) is 0 Å². The molecule has 5 unspecified atom stereocenters. The van der Waals surface area contributed by atoms with Gasteiger partial charge < -0.3 is 15.0 Å². The Morgan fingerprint density at radius 2 is 1.61 bits per heavy atom. The minimum atomic E-state index is 0.295. The lowest BCUT2D eigenvalue weighted by molar-refractivity contribution is -0.127. The van der Waals surface area contributed by atoms with E-state index in [1.54, 1.807) is 0 Å². The van der Waals surface area contributed by atoms with E-state index in [4.69, 9.17) is 4.74 Å². The Kier molecular flexibility index (Phi) is 9.09. The second-order valence-electron chi connectivity index (χ2n) is 10.8. The van der Waals surface area contributed by atoms with Crippen molar-refractivity contribution in [2.24, 2.45) is 17.8 Å². The van der Waals surface area contributed by atoms with Crippen molar-refractivity contribution in [2.75, 3.05) is 46.4 Å². The van der Waals surface area contributed by atoms with Crippen LogP contribution >= 0.6 is 0 Å². The van der Waals surface area contributed by atoms with Gasteiger partial charge in [-0.25, -0.2) is 0 Å². The lowest BCUT2D eigenvalue weighted by Crippen LogP contribution is -2.54. The smallest absolute Gasteiger partial charge is 0.223 e. The molecule has 4 fully saturated rings. The van der Waals surface area contributed by atoms with E-state index in [1.807, 2.05) is 7.11 Å². The van der Waals surface area contributed by atoms with Crippen molar-refractivity contribution >= 4 is 5.91 Å². The quantitative estimate of drug-likeness (QED) is 0.586. The van der Waals surface area contributed by atoms with Crippen LogP contribution in [0, 0.1) is 17.8 Å². The molecule has 1 amide bonds. The van der Waals surface area contributed by atoms with Crippen LogP contribution in [0.15, 0.2) is 0 Å². The first kappa shape index (κ1) is 23.5. The minimum Gasteiger partial charge on any atom is -0.380 e. The van der Waals surface area contributed by atoms with E-state index in [0.717, 1.165) is 37.6 Å². The van der Waals surface area contributed by atoms with Crippen LogP contribution in [0.2, 0.25) is 0 Å². The Labute approximate surface area is 190 Å². The highest BCUT2D eigenvalue weighted by Gasteiger charge is 2.35. The van der Waals surface area contributed by atoms with Crippen molar-refractivity contribution in [3.05, 3.63) is 0 Å². The maximum Gasteiger partial charge on any atom is 0.223 e. The largest absolute Gasteiger partial charge is 0.380 e. The van der Waals surface area contributed by atoms with Crippen LogP contribution in [0.5, 0.6) is 0 Å². The molecule has 0 aromatic carbocycles. The molecule has 5 heteroatoms. The van der Waals surface area contributed by atoms with Crippen molar-refractivity contribution in [3.63, 3.8) is 0 Å². The van der Waals surface area contributed by atoms with Gasteiger partial charge in [0.1, 0.15) is 0 Å². The Bertz CT molecular complexity index is 549. The minimum absolute atomic E-state index is 0.295. The maximum absolute atomic E-state index is 12.6. The number of nitrogens with one attached hydrogen (secondary N) is 1. The number of piperazine rings is 1. The summed E-state index contributed by atoms with van der Waals surface area (Å²) in [4.78, 5) is 17.9. The van der Waals surface area contributed by atoms with Gasteiger partial charge >= 0.3 is 0 Å². The first-order chi connectivity index (χ1) is 15.2. The molecular formula is C26H47N3O2. The molecule has 31 heavy (non-hydrogen) atoms. The topological polar surface area (TPSA) is 44.8 Å². The first-order valence-electron chi connectivity index (χ1n) is 13.5. The first-order valence-corrected chi connectivity index (χ1v) is 13.5. The van der Waals surface area contributed by atoms with Crippen LogP contribution in [0.3, 0.4) is 0 Å². The van der Waals surface area contributed by atoms with Crippen LogP contribution in [0.1, 0.15) is 83.5 Å². The summed E-state index contributed by atoms with van der Waals surface area (Å²) in [5, 5.41) is 3.27. The molecule has 0 spiro atoms. The van der Waals surface area contributed by atoms with E-state index in [0.29, 0.717) is 24.0 Å². The van der Waals surface area contributed by atoms with E-state index >= 15 is 0 Å². The number of hydrogen-bond donors (Lipinski definition) is 1. The number of hydrogen-bond acceptors (Lipinski definition) is 4. The van der Waals surface area contributed by atoms with Crippen molar-refractivity contribution < 1.29 is 9.53 Å². The molecule has 1 heterocycles.